The maximum atomic E-state index is 14.0. The van der Waals surface area contributed by atoms with E-state index in [1.165, 1.54) is 4.80 Å². The highest BCUT2D eigenvalue weighted by molar-refractivity contribution is 5.98. The lowest BCUT2D eigenvalue weighted by Gasteiger charge is -2.40. The van der Waals surface area contributed by atoms with Crippen molar-refractivity contribution in [3.63, 3.8) is 0 Å². The van der Waals surface area contributed by atoms with Crippen LogP contribution in [0.3, 0.4) is 0 Å². The molecular formula is C25H29N5O2. The summed E-state index contributed by atoms with van der Waals surface area (Å²) in [7, 11) is 0. The van der Waals surface area contributed by atoms with E-state index in [1.807, 2.05) is 49.5 Å². The number of aromatic nitrogens is 4. The van der Waals surface area contributed by atoms with Crippen LogP contribution in [0.2, 0.25) is 0 Å². The first-order valence-corrected chi connectivity index (χ1v) is 11.4. The molecule has 1 aliphatic carbocycles. The predicted molar refractivity (Wildman–Crippen MR) is 121 cm³/mol. The molecule has 1 aromatic carbocycles. The van der Waals surface area contributed by atoms with Gasteiger partial charge in [0, 0.05) is 18.3 Å². The molecule has 1 amide bonds. The van der Waals surface area contributed by atoms with Gasteiger partial charge in [0.2, 0.25) is 5.88 Å². The van der Waals surface area contributed by atoms with Crippen LogP contribution in [0.5, 0.6) is 5.88 Å². The van der Waals surface area contributed by atoms with Gasteiger partial charge in [-0.05, 0) is 55.7 Å². The highest BCUT2D eigenvalue weighted by Crippen LogP contribution is 2.46. The van der Waals surface area contributed by atoms with Crippen molar-refractivity contribution in [1.29, 1.82) is 0 Å². The van der Waals surface area contributed by atoms with E-state index in [0.717, 1.165) is 24.8 Å². The summed E-state index contributed by atoms with van der Waals surface area (Å²) in [4.78, 5) is 22.0. The summed E-state index contributed by atoms with van der Waals surface area (Å²) in [6, 6.07) is 11.8. The number of pyridine rings is 1. The van der Waals surface area contributed by atoms with Crippen LogP contribution in [0.15, 0.2) is 55.0 Å². The fraction of sp³-hybridized carbons (Fsp3) is 0.440. The smallest absolute Gasteiger partial charge is 0.256 e. The molecule has 4 atom stereocenters. The number of hydrogen-bond donors (Lipinski definition) is 0. The minimum absolute atomic E-state index is 0.0289. The van der Waals surface area contributed by atoms with E-state index < -0.39 is 0 Å². The molecule has 0 N–H and O–H groups in total. The van der Waals surface area contributed by atoms with Crippen molar-refractivity contribution in [1.82, 2.24) is 24.9 Å². The van der Waals surface area contributed by atoms with Crippen LogP contribution in [0.4, 0.5) is 0 Å². The second-order valence-corrected chi connectivity index (χ2v) is 9.37. The second kappa shape index (κ2) is 8.37. The molecule has 2 aliphatic rings. The van der Waals surface area contributed by atoms with E-state index in [-0.39, 0.29) is 24.1 Å². The van der Waals surface area contributed by atoms with Gasteiger partial charge in [0.1, 0.15) is 6.10 Å². The van der Waals surface area contributed by atoms with Crippen molar-refractivity contribution in [2.24, 2.45) is 11.8 Å². The van der Waals surface area contributed by atoms with Crippen molar-refractivity contribution in [2.75, 3.05) is 0 Å². The summed E-state index contributed by atoms with van der Waals surface area (Å²) in [5, 5.41) is 8.50. The molecule has 32 heavy (non-hydrogen) atoms. The Hall–Kier alpha value is -3.22. The largest absolute Gasteiger partial charge is 0.472 e. The Balaban J connectivity index is 1.46. The van der Waals surface area contributed by atoms with Crippen molar-refractivity contribution < 1.29 is 9.53 Å². The molecule has 7 nitrogen and oxygen atoms in total. The average molecular weight is 432 g/mol. The van der Waals surface area contributed by atoms with E-state index in [4.69, 9.17) is 4.74 Å². The molecule has 0 radical (unpaired) electrons. The number of piperidine rings is 1. The number of rotatable bonds is 6. The van der Waals surface area contributed by atoms with Crippen LogP contribution >= 0.6 is 0 Å². The molecule has 2 fully saturated rings. The number of carbonyl (C=O) groups excluding carboxylic acids is 1. The highest BCUT2D eigenvalue weighted by Gasteiger charge is 2.54. The number of para-hydroxylation sites is 1. The van der Waals surface area contributed by atoms with E-state index >= 15 is 0 Å². The van der Waals surface area contributed by atoms with Crippen LogP contribution in [-0.2, 0) is 0 Å². The molecule has 0 spiro atoms. The number of nitrogens with zero attached hydrogens (tertiary/aromatic N) is 5. The summed E-state index contributed by atoms with van der Waals surface area (Å²) >= 11 is 0. The zero-order chi connectivity index (χ0) is 22.2. The maximum Gasteiger partial charge on any atom is 0.256 e. The normalized spacial score (nSPS) is 24.3. The number of ether oxygens (including phenoxy) is 1. The zero-order valence-corrected chi connectivity index (χ0v) is 18.8. The Morgan fingerprint density at radius 3 is 2.62 bits per heavy atom. The van der Waals surface area contributed by atoms with Gasteiger partial charge in [-0.1, -0.05) is 32.0 Å². The van der Waals surface area contributed by atoms with Crippen LogP contribution < -0.4 is 4.74 Å². The molecule has 7 heteroatoms. The topological polar surface area (TPSA) is 73.1 Å². The second-order valence-electron chi connectivity index (χ2n) is 9.37. The number of hydrogen-bond acceptors (Lipinski definition) is 5. The van der Waals surface area contributed by atoms with Crippen molar-refractivity contribution >= 4 is 5.91 Å². The third-order valence-corrected chi connectivity index (χ3v) is 6.64. The van der Waals surface area contributed by atoms with Crippen LogP contribution in [-0.4, -0.2) is 49.0 Å². The van der Waals surface area contributed by atoms with Crippen molar-refractivity contribution in [2.45, 2.75) is 58.2 Å². The number of fused-ring (bicyclic) bond motifs is 2. The molecule has 2 aromatic heterocycles. The number of amides is 1. The van der Waals surface area contributed by atoms with Gasteiger partial charge in [-0.3, -0.25) is 4.79 Å². The van der Waals surface area contributed by atoms with Gasteiger partial charge >= 0.3 is 0 Å². The first kappa shape index (κ1) is 20.7. The summed E-state index contributed by atoms with van der Waals surface area (Å²) in [6.07, 6.45) is 7.95. The van der Waals surface area contributed by atoms with E-state index in [2.05, 4.69) is 33.9 Å². The molecule has 1 aliphatic heterocycles. The lowest BCUT2D eigenvalue weighted by molar-refractivity contribution is 0.0239. The number of benzene rings is 1. The van der Waals surface area contributed by atoms with Gasteiger partial charge in [0.25, 0.3) is 5.91 Å². The predicted octanol–water partition coefficient (Wildman–Crippen LogP) is 4.07. The van der Waals surface area contributed by atoms with Crippen LogP contribution in [0.25, 0.3) is 5.69 Å². The fourth-order valence-corrected chi connectivity index (χ4v) is 5.30. The lowest BCUT2D eigenvalue weighted by atomic mass is 9.90. The lowest BCUT2D eigenvalue weighted by Crippen LogP contribution is -2.52. The Bertz CT molecular complexity index is 1080. The maximum absolute atomic E-state index is 14.0. The molecule has 3 aromatic rings. The third-order valence-electron chi connectivity index (χ3n) is 6.64. The van der Waals surface area contributed by atoms with Crippen LogP contribution in [0, 0.1) is 18.8 Å². The van der Waals surface area contributed by atoms with Crippen LogP contribution in [0.1, 0.15) is 49.0 Å². The molecule has 5 rings (SSSR count). The SMILES string of the molecule is Cc1ccc(OC2CC3CC2N(C(=O)c2ccccc2-n2nccn2)C3CC(C)C)nc1. The quantitative estimate of drug-likeness (QED) is 0.588. The first-order valence-electron chi connectivity index (χ1n) is 11.4. The Morgan fingerprint density at radius 1 is 1.12 bits per heavy atom. The molecule has 2 bridgehead atoms. The van der Waals surface area contributed by atoms with E-state index in [0.29, 0.717) is 29.0 Å². The van der Waals surface area contributed by atoms with Crippen molar-refractivity contribution in [3.8, 4) is 11.6 Å². The monoisotopic (exact) mass is 431 g/mol. The summed E-state index contributed by atoms with van der Waals surface area (Å²) in [5.74, 6) is 1.61. The fourth-order valence-electron chi connectivity index (χ4n) is 5.30. The van der Waals surface area contributed by atoms with Crippen molar-refractivity contribution in [3.05, 3.63) is 66.1 Å². The summed E-state index contributed by atoms with van der Waals surface area (Å²) < 4.78 is 6.30. The molecule has 1 saturated carbocycles. The zero-order valence-electron chi connectivity index (χ0n) is 18.8. The van der Waals surface area contributed by atoms with Gasteiger partial charge in [0.15, 0.2) is 0 Å². The Morgan fingerprint density at radius 2 is 1.91 bits per heavy atom. The Labute approximate surface area is 188 Å². The highest BCUT2D eigenvalue weighted by atomic mass is 16.5. The molecule has 4 unspecified atom stereocenters. The molecule has 166 valence electrons. The number of likely N-dealkylation sites (tertiary alicyclic amines) is 1. The van der Waals surface area contributed by atoms with Gasteiger partial charge in [-0.25, -0.2) is 4.98 Å². The van der Waals surface area contributed by atoms with Gasteiger partial charge in [-0.15, -0.1) is 0 Å². The van der Waals surface area contributed by atoms with E-state index in [9.17, 15) is 4.79 Å². The standard InChI is InChI=1S/C25H29N5O2/c1-16(2)12-21-18-13-22(23(14-18)32-24-9-8-17(3)15-26-24)29(21)25(31)19-6-4-5-7-20(19)30-27-10-11-28-30/h4-11,15-16,18,21-23H,12-14H2,1-3H3. The third kappa shape index (κ3) is 3.76. The summed E-state index contributed by atoms with van der Waals surface area (Å²) in [5.41, 5.74) is 2.42. The minimum Gasteiger partial charge on any atom is -0.472 e. The van der Waals surface area contributed by atoms with Gasteiger partial charge < -0.3 is 9.64 Å². The van der Waals surface area contributed by atoms with Gasteiger partial charge in [0.05, 0.1) is 29.7 Å². The first-order chi connectivity index (χ1) is 15.5. The molecule has 1 saturated heterocycles. The van der Waals surface area contributed by atoms with Gasteiger partial charge in [-0.2, -0.15) is 15.0 Å². The summed E-state index contributed by atoms with van der Waals surface area (Å²) in [6.45, 7) is 6.46. The minimum atomic E-state index is -0.0439. The number of carbonyl (C=O) groups is 1. The number of aryl methyl sites for hydroxylation is 1. The molecule has 3 heterocycles. The van der Waals surface area contributed by atoms with E-state index in [1.54, 1.807) is 12.4 Å². The average Bonchev–Trinajstić information content (AvgIpc) is 3.52. The Kier molecular flexibility index (Phi) is 5.41. The molecular weight excluding hydrogens is 402 g/mol.